The van der Waals surface area contributed by atoms with E-state index in [9.17, 15) is 8.42 Å². The van der Waals surface area contributed by atoms with Crippen LogP contribution in [0.4, 0.5) is 0 Å². The smallest absolute Gasteiger partial charge is 0.206 e. The molecule has 1 atom stereocenters. The third kappa shape index (κ3) is 2.57. The summed E-state index contributed by atoms with van der Waals surface area (Å²) in [4.78, 5) is 0.112. The van der Waals surface area contributed by atoms with Gasteiger partial charge in [0.15, 0.2) is 9.84 Å². The minimum absolute atomic E-state index is 0.0554. The normalized spacial score (nSPS) is 17.2. The maximum atomic E-state index is 12.4. The van der Waals surface area contributed by atoms with Gasteiger partial charge in [-0.05, 0) is 10.9 Å². The van der Waals surface area contributed by atoms with E-state index in [-0.39, 0.29) is 10.8 Å². The molecule has 2 N–H and O–H groups in total. The first-order valence-corrected chi connectivity index (χ1v) is 9.80. The molecule has 1 aliphatic heterocycles. The molecule has 126 valence electrons. The van der Waals surface area contributed by atoms with E-state index >= 15 is 0 Å². The largest absolute Gasteiger partial charge is 0.440 e. The van der Waals surface area contributed by atoms with Gasteiger partial charge in [-0.25, -0.2) is 8.42 Å². The molecule has 5 heteroatoms. The van der Waals surface area contributed by atoms with Gasteiger partial charge in [0, 0.05) is 17.2 Å². The molecule has 3 aromatic carbocycles. The molecule has 0 spiro atoms. The summed E-state index contributed by atoms with van der Waals surface area (Å²) in [5.74, 6) is 0.0848. The molecule has 1 heterocycles. The summed E-state index contributed by atoms with van der Waals surface area (Å²) in [5, 5.41) is 1.93. The van der Waals surface area contributed by atoms with Crippen LogP contribution in [0.2, 0.25) is 0 Å². The molecule has 1 aliphatic rings. The van der Waals surface area contributed by atoms with Crippen molar-refractivity contribution in [3.05, 3.63) is 88.6 Å². The van der Waals surface area contributed by atoms with Crippen molar-refractivity contribution < 1.29 is 13.2 Å². The standard InChI is InChI=1S/C20H17NO3S/c1-25(22,23)19-17(14-8-3-2-4-9-14)16-12-11-13-7-5-6-10-15(13)18(16)24-20(19)21/h2-12,17H,21H2,1H3. The van der Waals surface area contributed by atoms with Crippen LogP contribution < -0.4 is 10.5 Å². The fraction of sp³-hybridized carbons (Fsp3) is 0.100. The van der Waals surface area contributed by atoms with Gasteiger partial charge in [0.05, 0.1) is 5.92 Å². The van der Waals surface area contributed by atoms with E-state index in [4.69, 9.17) is 10.5 Å². The van der Waals surface area contributed by atoms with Gasteiger partial charge in [0.1, 0.15) is 10.7 Å². The molecule has 0 aliphatic carbocycles. The summed E-state index contributed by atoms with van der Waals surface area (Å²) in [7, 11) is -3.54. The number of allylic oxidation sites excluding steroid dienone is 1. The third-order valence-corrected chi connectivity index (χ3v) is 5.71. The van der Waals surface area contributed by atoms with E-state index in [0.717, 1.165) is 21.9 Å². The molecule has 4 rings (SSSR count). The Morgan fingerprint density at radius 3 is 2.32 bits per heavy atom. The Morgan fingerprint density at radius 2 is 1.60 bits per heavy atom. The van der Waals surface area contributed by atoms with Crippen molar-refractivity contribution in [2.24, 2.45) is 5.73 Å². The Bertz CT molecular complexity index is 1100. The van der Waals surface area contributed by atoms with Crippen LogP contribution in [0.25, 0.3) is 10.8 Å². The topological polar surface area (TPSA) is 69.4 Å². The summed E-state index contributed by atoms with van der Waals surface area (Å²) in [5.41, 5.74) is 7.75. The zero-order valence-corrected chi connectivity index (χ0v) is 14.5. The Kier molecular flexibility index (Phi) is 3.54. The second-order valence-corrected chi connectivity index (χ2v) is 8.14. The first-order chi connectivity index (χ1) is 12.0. The lowest BCUT2D eigenvalue weighted by Gasteiger charge is -2.29. The first-order valence-electron chi connectivity index (χ1n) is 7.91. The third-order valence-electron chi connectivity index (χ3n) is 4.47. The second-order valence-electron chi connectivity index (χ2n) is 6.15. The Morgan fingerprint density at radius 1 is 0.920 bits per heavy atom. The number of ether oxygens (including phenoxy) is 1. The second kappa shape index (κ2) is 5.63. The molecule has 25 heavy (non-hydrogen) atoms. The van der Waals surface area contributed by atoms with E-state index in [1.807, 2.05) is 66.7 Å². The van der Waals surface area contributed by atoms with Crippen molar-refractivity contribution in [3.63, 3.8) is 0 Å². The number of nitrogens with two attached hydrogens (primary N) is 1. The molecule has 3 aromatic rings. The lowest BCUT2D eigenvalue weighted by molar-refractivity contribution is 0.400. The number of fused-ring (bicyclic) bond motifs is 3. The monoisotopic (exact) mass is 351 g/mol. The van der Waals surface area contributed by atoms with Crippen molar-refractivity contribution >= 4 is 20.6 Å². The zero-order chi connectivity index (χ0) is 17.6. The molecule has 0 radical (unpaired) electrons. The summed E-state index contributed by atoms with van der Waals surface area (Å²) >= 11 is 0. The van der Waals surface area contributed by atoms with Crippen LogP contribution in [0.15, 0.2) is 77.5 Å². The van der Waals surface area contributed by atoms with Crippen molar-refractivity contribution in [2.75, 3.05) is 6.26 Å². The number of benzene rings is 3. The maximum Gasteiger partial charge on any atom is 0.206 e. The maximum absolute atomic E-state index is 12.4. The van der Waals surface area contributed by atoms with Gasteiger partial charge in [-0.3, -0.25) is 0 Å². The van der Waals surface area contributed by atoms with Gasteiger partial charge in [0.25, 0.3) is 0 Å². The fourth-order valence-electron chi connectivity index (χ4n) is 3.42. The molecule has 4 nitrogen and oxygen atoms in total. The van der Waals surface area contributed by atoms with E-state index < -0.39 is 15.8 Å². The van der Waals surface area contributed by atoms with Gasteiger partial charge in [-0.15, -0.1) is 0 Å². The highest BCUT2D eigenvalue weighted by atomic mass is 32.2. The van der Waals surface area contributed by atoms with Gasteiger partial charge in [-0.1, -0.05) is 66.7 Å². The molecule has 0 fully saturated rings. The average Bonchev–Trinajstić information content (AvgIpc) is 2.60. The molecule has 0 aromatic heterocycles. The zero-order valence-electron chi connectivity index (χ0n) is 13.6. The highest BCUT2D eigenvalue weighted by molar-refractivity contribution is 7.94. The van der Waals surface area contributed by atoms with Crippen molar-refractivity contribution in [1.82, 2.24) is 0 Å². The van der Waals surface area contributed by atoms with E-state index in [2.05, 4.69) is 0 Å². The van der Waals surface area contributed by atoms with Crippen LogP contribution in [0.5, 0.6) is 5.75 Å². The fourth-order valence-corrected chi connectivity index (χ4v) is 4.52. The predicted octanol–water partition coefficient (Wildman–Crippen LogP) is 3.54. The van der Waals surface area contributed by atoms with Gasteiger partial charge < -0.3 is 10.5 Å². The van der Waals surface area contributed by atoms with Crippen LogP contribution in [-0.4, -0.2) is 14.7 Å². The highest BCUT2D eigenvalue weighted by Crippen LogP contribution is 2.46. The van der Waals surface area contributed by atoms with Gasteiger partial charge in [-0.2, -0.15) is 0 Å². The number of hydrogen-bond donors (Lipinski definition) is 1. The minimum Gasteiger partial charge on any atom is -0.440 e. The summed E-state index contributed by atoms with van der Waals surface area (Å²) in [6.45, 7) is 0. The molecular weight excluding hydrogens is 334 g/mol. The van der Waals surface area contributed by atoms with Gasteiger partial charge >= 0.3 is 0 Å². The molecule has 0 bridgehead atoms. The Balaban J connectivity index is 2.07. The molecule has 0 amide bonds. The SMILES string of the molecule is CS(=O)(=O)C1=C(N)Oc2c(ccc3ccccc23)C1c1ccccc1. The first kappa shape index (κ1) is 15.7. The van der Waals surface area contributed by atoms with E-state index in [1.165, 1.54) is 6.26 Å². The minimum atomic E-state index is -3.54. The Labute approximate surface area is 146 Å². The van der Waals surface area contributed by atoms with Crippen molar-refractivity contribution in [1.29, 1.82) is 0 Å². The van der Waals surface area contributed by atoms with Crippen LogP contribution in [0.1, 0.15) is 17.0 Å². The summed E-state index contributed by atoms with van der Waals surface area (Å²) < 4.78 is 30.7. The number of sulfone groups is 1. The van der Waals surface area contributed by atoms with Crippen molar-refractivity contribution in [2.45, 2.75) is 5.92 Å². The highest BCUT2D eigenvalue weighted by Gasteiger charge is 2.36. The van der Waals surface area contributed by atoms with Crippen LogP contribution in [0, 0.1) is 0 Å². The summed E-state index contributed by atoms with van der Waals surface area (Å²) in [6.07, 6.45) is 1.17. The number of hydrogen-bond acceptors (Lipinski definition) is 4. The molecule has 0 saturated carbocycles. The van der Waals surface area contributed by atoms with E-state index in [0.29, 0.717) is 5.75 Å². The van der Waals surface area contributed by atoms with Gasteiger partial charge in [0.2, 0.25) is 5.88 Å². The molecular formula is C20H17NO3S. The average molecular weight is 351 g/mol. The van der Waals surface area contributed by atoms with Crippen LogP contribution in [0.3, 0.4) is 0 Å². The van der Waals surface area contributed by atoms with E-state index in [1.54, 1.807) is 0 Å². The number of rotatable bonds is 2. The predicted molar refractivity (Wildman–Crippen MR) is 98.9 cm³/mol. The quantitative estimate of drug-likeness (QED) is 0.767. The lowest BCUT2D eigenvalue weighted by Crippen LogP contribution is -2.26. The molecule has 0 saturated heterocycles. The summed E-state index contributed by atoms with van der Waals surface area (Å²) in [6, 6.07) is 21.2. The lowest BCUT2D eigenvalue weighted by atomic mass is 9.87. The van der Waals surface area contributed by atoms with Crippen molar-refractivity contribution in [3.8, 4) is 5.75 Å². The van der Waals surface area contributed by atoms with Crippen LogP contribution in [-0.2, 0) is 9.84 Å². The Hall–Kier alpha value is -2.79. The molecule has 1 unspecified atom stereocenters. The van der Waals surface area contributed by atoms with Crippen LogP contribution >= 0.6 is 0 Å².